The van der Waals surface area contributed by atoms with Crippen molar-refractivity contribution in [1.82, 2.24) is 5.32 Å². The van der Waals surface area contributed by atoms with Gasteiger partial charge in [0.25, 0.3) is 5.91 Å². The van der Waals surface area contributed by atoms with E-state index in [2.05, 4.69) is 5.32 Å². The summed E-state index contributed by atoms with van der Waals surface area (Å²) >= 11 is 0. The number of carbonyl (C=O) groups is 1. The summed E-state index contributed by atoms with van der Waals surface area (Å²) in [5.41, 5.74) is -0.624. The van der Waals surface area contributed by atoms with E-state index in [9.17, 15) is 9.90 Å². The maximum atomic E-state index is 12.0. The quantitative estimate of drug-likeness (QED) is 0.877. The van der Waals surface area contributed by atoms with E-state index >= 15 is 0 Å². The number of hydrogen-bond acceptors (Lipinski definition) is 3. The van der Waals surface area contributed by atoms with Crippen molar-refractivity contribution < 1.29 is 14.6 Å². The van der Waals surface area contributed by atoms with Crippen molar-refractivity contribution in [3.8, 4) is 5.75 Å². The molecule has 0 aliphatic rings. The Hall–Kier alpha value is -1.55. The predicted molar refractivity (Wildman–Crippen MR) is 84.6 cm³/mol. The van der Waals surface area contributed by atoms with Gasteiger partial charge in [-0.25, -0.2) is 0 Å². The van der Waals surface area contributed by atoms with Crippen molar-refractivity contribution in [3.63, 3.8) is 0 Å². The largest absolute Gasteiger partial charge is 0.488 e. The van der Waals surface area contributed by atoms with Crippen LogP contribution in [-0.2, 0) is 0 Å². The molecule has 21 heavy (non-hydrogen) atoms. The van der Waals surface area contributed by atoms with E-state index in [-0.39, 0.29) is 24.0 Å². The van der Waals surface area contributed by atoms with Gasteiger partial charge in [0.1, 0.15) is 11.4 Å². The number of ether oxygens (including phenoxy) is 1. The second-order valence-corrected chi connectivity index (χ2v) is 6.93. The zero-order chi connectivity index (χ0) is 16.3. The summed E-state index contributed by atoms with van der Waals surface area (Å²) in [6.07, 6.45) is 0. The smallest absolute Gasteiger partial charge is 0.251 e. The van der Waals surface area contributed by atoms with E-state index in [1.165, 1.54) is 0 Å². The highest BCUT2D eigenvalue weighted by molar-refractivity contribution is 5.94. The molecule has 1 aromatic rings. The fraction of sp³-hybridized carbons (Fsp3) is 0.588. The summed E-state index contributed by atoms with van der Waals surface area (Å²) in [5, 5.41) is 12.9. The van der Waals surface area contributed by atoms with Crippen molar-refractivity contribution in [2.24, 2.45) is 5.92 Å². The Morgan fingerprint density at radius 1 is 1.19 bits per heavy atom. The highest BCUT2D eigenvalue weighted by atomic mass is 16.5. The lowest BCUT2D eigenvalue weighted by atomic mass is 9.92. The maximum absolute atomic E-state index is 12.0. The average Bonchev–Trinajstić information content (AvgIpc) is 2.35. The van der Waals surface area contributed by atoms with Crippen LogP contribution in [0.5, 0.6) is 5.75 Å². The molecule has 1 aromatic carbocycles. The molecule has 0 spiro atoms. The first kappa shape index (κ1) is 17.5. The van der Waals surface area contributed by atoms with Gasteiger partial charge in [0.05, 0.1) is 5.60 Å². The first-order valence-corrected chi connectivity index (χ1v) is 7.31. The van der Waals surface area contributed by atoms with Gasteiger partial charge in [-0.2, -0.15) is 0 Å². The standard InChI is InChI=1S/C17H27NO3/c1-12(2)17(6,20)11-18-15(19)13-7-9-14(10-8-13)21-16(3,4)5/h7-10,12,20H,11H2,1-6H3,(H,18,19). The van der Waals surface area contributed by atoms with Crippen LogP contribution in [0.15, 0.2) is 24.3 Å². The third-order valence-electron chi connectivity index (χ3n) is 3.39. The molecule has 0 bridgehead atoms. The summed E-state index contributed by atoms with van der Waals surface area (Å²) < 4.78 is 5.71. The van der Waals surface area contributed by atoms with Crippen LogP contribution in [0.1, 0.15) is 51.9 Å². The molecule has 2 N–H and O–H groups in total. The number of rotatable bonds is 5. The van der Waals surface area contributed by atoms with Gasteiger partial charge in [0, 0.05) is 12.1 Å². The van der Waals surface area contributed by atoms with Crippen LogP contribution in [0.25, 0.3) is 0 Å². The van der Waals surface area contributed by atoms with Gasteiger partial charge in [-0.1, -0.05) is 13.8 Å². The van der Waals surface area contributed by atoms with Gasteiger partial charge >= 0.3 is 0 Å². The number of hydrogen-bond donors (Lipinski definition) is 2. The van der Waals surface area contributed by atoms with Crippen LogP contribution in [0.4, 0.5) is 0 Å². The van der Waals surface area contributed by atoms with E-state index in [1.54, 1.807) is 31.2 Å². The Morgan fingerprint density at radius 3 is 2.14 bits per heavy atom. The van der Waals surface area contributed by atoms with Gasteiger partial charge in [-0.05, 0) is 57.9 Å². The Morgan fingerprint density at radius 2 is 1.71 bits per heavy atom. The summed E-state index contributed by atoms with van der Waals surface area (Å²) in [6, 6.07) is 7.00. The van der Waals surface area contributed by atoms with Crippen molar-refractivity contribution in [2.75, 3.05) is 6.54 Å². The van der Waals surface area contributed by atoms with Crippen molar-refractivity contribution >= 4 is 5.91 Å². The Kier molecular flexibility index (Phi) is 5.40. The summed E-state index contributed by atoms with van der Waals surface area (Å²) in [6.45, 7) is 11.7. The second-order valence-electron chi connectivity index (χ2n) is 6.93. The summed E-state index contributed by atoms with van der Waals surface area (Å²) in [5.74, 6) is 0.604. The van der Waals surface area contributed by atoms with Crippen LogP contribution in [0.3, 0.4) is 0 Å². The van der Waals surface area contributed by atoms with Gasteiger partial charge in [0.15, 0.2) is 0 Å². The van der Waals surface area contributed by atoms with Gasteiger partial charge in [0.2, 0.25) is 0 Å². The molecule has 1 amide bonds. The summed E-state index contributed by atoms with van der Waals surface area (Å²) in [4.78, 5) is 12.0. The first-order valence-electron chi connectivity index (χ1n) is 7.31. The number of carbonyl (C=O) groups excluding carboxylic acids is 1. The Labute approximate surface area is 127 Å². The lowest BCUT2D eigenvalue weighted by molar-refractivity contribution is 0.0142. The molecule has 0 saturated carbocycles. The van der Waals surface area contributed by atoms with Crippen molar-refractivity contribution in [1.29, 1.82) is 0 Å². The minimum atomic E-state index is -0.912. The highest BCUT2D eigenvalue weighted by Gasteiger charge is 2.25. The molecule has 1 unspecified atom stereocenters. The van der Waals surface area contributed by atoms with Crippen LogP contribution in [0, 0.1) is 5.92 Å². The minimum absolute atomic E-state index is 0.0698. The Balaban J connectivity index is 2.64. The molecule has 4 nitrogen and oxygen atoms in total. The molecule has 0 aliphatic heterocycles. The molecule has 118 valence electrons. The molecule has 4 heteroatoms. The average molecular weight is 293 g/mol. The normalized spacial score (nSPS) is 14.7. The van der Waals surface area contributed by atoms with Crippen LogP contribution in [0.2, 0.25) is 0 Å². The third kappa shape index (κ3) is 5.76. The molecular formula is C17H27NO3. The minimum Gasteiger partial charge on any atom is -0.488 e. The fourth-order valence-electron chi connectivity index (χ4n) is 1.59. The second kappa shape index (κ2) is 6.48. The number of nitrogens with one attached hydrogen (secondary N) is 1. The molecule has 0 radical (unpaired) electrons. The zero-order valence-corrected chi connectivity index (χ0v) is 13.9. The molecule has 1 atom stereocenters. The van der Waals surface area contributed by atoms with Crippen molar-refractivity contribution in [2.45, 2.75) is 52.7 Å². The van der Waals surface area contributed by atoms with E-state index in [0.29, 0.717) is 5.56 Å². The molecule has 0 fully saturated rings. The van der Waals surface area contributed by atoms with Crippen LogP contribution >= 0.6 is 0 Å². The lowest BCUT2D eigenvalue weighted by Gasteiger charge is -2.27. The molecule has 0 heterocycles. The number of amides is 1. The van der Waals surface area contributed by atoms with Crippen LogP contribution in [-0.4, -0.2) is 28.8 Å². The third-order valence-corrected chi connectivity index (χ3v) is 3.39. The topological polar surface area (TPSA) is 58.6 Å². The SMILES string of the molecule is CC(C)C(C)(O)CNC(=O)c1ccc(OC(C)(C)C)cc1. The fourth-order valence-corrected chi connectivity index (χ4v) is 1.59. The van der Waals surface area contributed by atoms with Crippen molar-refractivity contribution in [3.05, 3.63) is 29.8 Å². The molecule has 1 rings (SSSR count). The number of benzene rings is 1. The molecule has 0 saturated heterocycles. The first-order chi connectivity index (χ1) is 9.51. The molecule has 0 aliphatic carbocycles. The van der Waals surface area contributed by atoms with E-state index in [4.69, 9.17) is 4.74 Å². The monoisotopic (exact) mass is 293 g/mol. The zero-order valence-electron chi connectivity index (χ0n) is 13.9. The Bertz CT molecular complexity index is 470. The number of aliphatic hydroxyl groups is 1. The molecular weight excluding hydrogens is 266 g/mol. The van der Waals surface area contributed by atoms with E-state index in [0.717, 1.165) is 5.75 Å². The van der Waals surface area contributed by atoms with Gasteiger partial charge < -0.3 is 15.2 Å². The van der Waals surface area contributed by atoms with Crippen LogP contribution < -0.4 is 10.1 Å². The van der Waals surface area contributed by atoms with E-state index in [1.807, 2.05) is 34.6 Å². The summed E-state index contributed by atoms with van der Waals surface area (Å²) in [7, 11) is 0. The van der Waals surface area contributed by atoms with Gasteiger partial charge in [-0.3, -0.25) is 4.79 Å². The molecule has 0 aromatic heterocycles. The van der Waals surface area contributed by atoms with Gasteiger partial charge in [-0.15, -0.1) is 0 Å². The highest BCUT2D eigenvalue weighted by Crippen LogP contribution is 2.19. The maximum Gasteiger partial charge on any atom is 0.251 e. The van der Waals surface area contributed by atoms with E-state index < -0.39 is 5.60 Å². The lowest BCUT2D eigenvalue weighted by Crippen LogP contribution is -2.44. The predicted octanol–water partition coefficient (Wildman–Crippen LogP) is 3.00.